The third-order valence-corrected chi connectivity index (χ3v) is 9.60. The minimum Gasteiger partial charge on any atom is -0.462 e. The first-order valence-corrected chi connectivity index (χ1v) is 23.8. The van der Waals surface area contributed by atoms with Crippen LogP contribution in [0.5, 0.6) is 0 Å². The van der Waals surface area contributed by atoms with Crippen molar-refractivity contribution in [2.45, 2.75) is 154 Å². The number of hydrogen-bond acceptors (Lipinski definition) is 11. The van der Waals surface area contributed by atoms with Gasteiger partial charge in [0.1, 0.15) is 12.7 Å². The van der Waals surface area contributed by atoms with Gasteiger partial charge < -0.3 is 34.4 Å². The van der Waals surface area contributed by atoms with Gasteiger partial charge in [0, 0.05) is 12.8 Å². The molecule has 0 heterocycles. The van der Waals surface area contributed by atoms with Crippen molar-refractivity contribution < 1.29 is 66.7 Å². The lowest BCUT2D eigenvalue weighted by atomic mass is 10.1. The molecule has 0 rings (SSSR count). The molecular weight excluding hydrogens is 790 g/mol. The lowest BCUT2D eigenvalue weighted by molar-refractivity contribution is -0.161. The molecule has 0 saturated carbocycles. The number of allylic oxidation sites excluding steroid dienone is 10. The Kier molecular flexibility index (Phi) is 35.9. The lowest BCUT2D eigenvalue weighted by Crippen LogP contribution is -2.30. The Morgan fingerprint density at radius 2 is 1.09 bits per heavy atom. The van der Waals surface area contributed by atoms with Crippen LogP contribution >= 0.6 is 15.6 Å². The van der Waals surface area contributed by atoms with Gasteiger partial charge >= 0.3 is 27.6 Å². The molecule has 0 aliphatic carbocycles. The van der Waals surface area contributed by atoms with Crippen LogP contribution in [0.3, 0.4) is 0 Å². The molecule has 0 amide bonds. The predicted molar refractivity (Wildman–Crippen MR) is 226 cm³/mol. The van der Waals surface area contributed by atoms with Crippen molar-refractivity contribution >= 4 is 27.6 Å². The summed E-state index contributed by atoms with van der Waals surface area (Å²) >= 11 is 0. The number of esters is 2. The summed E-state index contributed by atoms with van der Waals surface area (Å²) in [5, 5.41) is 19.6. The molecule has 16 heteroatoms. The highest BCUT2D eigenvalue weighted by molar-refractivity contribution is 7.47. The van der Waals surface area contributed by atoms with Crippen LogP contribution < -0.4 is 0 Å². The highest BCUT2D eigenvalue weighted by Gasteiger charge is 2.28. The van der Waals surface area contributed by atoms with E-state index in [9.17, 15) is 33.8 Å². The summed E-state index contributed by atoms with van der Waals surface area (Å²) in [5.74, 6) is -1.11. The molecule has 0 aromatic rings. The topological polar surface area (TPSA) is 216 Å². The van der Waals surface area contributed by atoms with E-state index in [4.69, 9.17) is 23.8 Å². The van der Waals surface area contributed by atoms with Gasteiger partial charge in [-0.2, -0.15) is 0 Å². The maximum atomic E-state index is 12.6. The lowest BCUT2D eigenvalue weighted by Gasteiger charge is -2.20. The molecule has 0 bridgehead atoms. The van der Waals surface area contributed by atoms with Crippen LogP contribution in [0.4, 0.5) is 0 Å². The number of aliphatic hydroxyl groups is 2. The summed E-state index contributed by atoms with van der Waals surface area (Å²) in [6.45, 7) is 1.36. The second kappa shape index (κ2) is 37.5. The van der Waals surface area contributed by atoms with Gasteiger partial charge in [0.25, 0.3) is 0 Å². The van der Waals surface area contributed by atoms with Crippen molar-refractivity contribution in [3.63, 3.8) is 0 Å². The zero-order valence-electron chi connectivity index (χ0n) is 34.7. The summed E-state index contributed by atoms with van der Waals surface area (Å²) in [6.07, 6.45) is 36.6. The molecule has 334 valence electrons. The Morgan fingerprint density at radius 1 is 0.569 bits per heavy atom. The average molecular weight is 863 g/mol. The van der Waals surface area contributed by atoms with Gasteiger partial charge in [-0.05, 0) is 70.6 Å². The van der Waals surface area contributed by atoms with Gasteiger partial charge in [-0.25, -0.2) is 9.13 Å². The van der Waals surface area contributed by atoms with Crippen molar-refractivity contribution in [3.05, 3.63) is 72.9 Å². The van der Waals surface area contributed by atoms with E-state index in [0.29, 0.717) is 19.3 Å². The van der Waals surface area contributed by atoms with Gasteiger partial charge in [0.15, 0.2) is 6.10 Å². The molecule has 2 unspecified atom stereocenters. The van der Waals surface area contributed by atoms with Gasteiger partial charge in [0.2, 0.25) is 0 Å². The summed E-state index contributed by atoms with van der Waals surface area (Å²) in [5.41, 5.74) is 0. The normalized spacial score (nSPS) is 15.4. The molecule has 0 aromatic carbocycles. The van der Waals surface area contributed by atoms with Crippen LogP contribution in [0.15, 0.2) is 72.9 Å². The molecule has 58 heavy (non-hydrogen) atoms. The van der Waals surface area contributed by atoms with Gasteiger partial charge in [-0.1, -0.05) is 125 Å². The van der Waals surface area contributed by atoms with E-state index in [-0.39, 0.29) is 12.8 Å². The van der Waals surface area contributed by atoms with E-state index in [1.807, 2.05) is 31.2 Å². The van der Waals surface area contributed by atoms with E-state index in [0.717, 1.165) is 89.9 Å². The Balaban J connectivity index is 4.65. The van der Waals surface area contributed by atoms with Crippen LogP contribution in [0.25, 0.3) is 0 Å². The fraction of sp³-hybridized carbons (Fsp3) is 0.667. The Labute approximate surface area is 347 Å². The van der Waals surface area contributed by atoms with E-state index in [1.54, 1.807) is 6.08 Å². The first-order valence-electron chi connectivity index (χ1n) is 20.7. The SMILES string of the molecule is CC/C=C\C/C=C\C/C=C\CCCCCCCC(=O)O[C@H](COC(=O)CCCCCCC/C=C/C=C/C(O)C/C=C/CC)COP(=O)(O)OC[C@@H](O)COP(=O)(O)O. The zero-order valence-corrected chi connectivity index (χ0v) is 36.5. The number of phosphoric acid groups is 2. The van der Waals surface area contributed by atoms with Crippen molar-refractivity contribution in [2.75, 3.05) is 26.4 Å². The van der Waals surface area contributed by atoms with Crippen molar-refractivity contribution in [1.29, 1.82) is 0 Å². The first kappa shape index (κ1) is 55.5. The number of aliphatic hydroxyl groups excluding tert-OH is 2. The number of unbranched alkanes of at least 4 members (excludes halogenated alkanes) is 10. The Bertz CT molecular complexity index is 1320. The second-order valence-electron chi connectivity index (χ2n) is 13.7. The monoisotopic (exact) mass is 862 g/mol. The molecule has 5 N–H and O–H groups in total. The standard InChI is InChI=1S/C42H72O14P2/c1-3-5-7-8-9-10-11-12-13-14-15-18-22-25-29-33-42(46)56-40(37-55-58(50,51)54-35-39(44)34-53-57(47,48)49)36-52-41(45)32-28-24-21-19-16-17-20-23-27-31-38(43)30-26-6-4-2/h5-7,9-10,12-13,20,23,26-27,31,38-40,43-44H,3-4,8,11,14-19,21-22,24-25,28-30,32-37H2,1-2H3,(H,50,51)(H2,47,48,49)/b7-5-,10-9-,13-12-,23-20+,26-6+,31-27+/t38?,39-,40+/m0/s1. The maximum Gasteiger partial charge on any atom is 0.472 e. The molecule has 0 spiro atoms. The van der Waals surface area contributed by atoms with Gasteiger partial charge in [-0.3, -0.25) is 23.2 Å². The maximum absolute atomic E-state index is 12.6. The zero-order chi connectivity index (χ0) is 43.2. The first-order chi connectivity index (χ1) is 27.8. The second-order valence-corrected chi connectivity index (χ2v) is 16.4. The van der Waals surface area contributed by atoms with Crippen molar-refractivity contribution in [3.8, 4) is 0 Å². The van der Waals surface area contributed by atoms with E-state index < -0.39 is 72.3 Å². The Hall–Kier alpha value is -2.48. The van der Waals surface area contributed by atoms with Crippen molar-refractivity contribution in [2.24, 2.45) is 0 Å². The third kappa shape index (κ3) is 40.3. The number of hydrogen-bond donors (Lipinski definition) is 5. The molecular formula is C42H72O14P2. The fourth-order valence-electron chi connectivity index (χ4n) is 5.04. The molecule has 0 aliphatic heterocycles. The Morgan fingerprint density at radius 3 is 1.72 bits per heavy atom. The van der Waals surface area contributed by atoms with Crippen LogP contribution in [0.2, 0.25) is 0 Å². The van der Waals surface area contributed by atoms with Crippen LogP contribution in [0.1, 0.15) is 136 Å². The number of carbonyl (C=O) groups is 2. The quantitative estimate of drug-likeness (QED) is 0.0129. The number of rotatable bonds is 38. The van der Waals surface area contributed by atoms with Crippen molar-refractivity contribution in [1.82, 2.24) is 0 Å². The average Bonchev–Trinajstić information content (AvgIpc) is 3.17. The summed E-state index contributed by atoms with van der Waals surface area (Å²) < 4.78 is 47.6. The van der Waals surface area contributed by atoms with Crippen LogP contribution in [-0.2, 0) is 41.8 Å². The molecule has 0 saturated heterocycles. The molecule has 4 atom stereocenters. The molecule has 0 fully saturated rings. The third-order valence-electron chi connectivity index (χ3n) is 8.16. The summed E-state index contributed by atoms with van der Waals surface area (Å²) in [6, 6.07) is 0. The minimum absolute atomic E-state index is 0.0930. The van der Waals surface area contributed by atoms with E-state index >= 15 is 0 Å². The largest absolute Gasteiger partial charge is 0.472 e. The highest BCUT2D eigenvalue weighted by atomic mass is 31.2. The highest BCUT2D eigenvalue weighted by Crippen LogP contribution is 2.43. The predicted octanol–water partition coefficient (Wildman–Crippen LogP) is 9.19. The van der Waals surface area contributed by atoms with Gasteiger partial charge in [0.05, 0.1) is 25.9 Å². The minimum atomic E-state index is -4.87. The van der Waals surface area contributed by atoms with E-state index in [1.165, 1.54) is 0 Å². The fourth-order valence-corrected chi connectivity index (χ4v) is 6.20. The summed E-state index contributed by atoms with van der Waals surface area (Å²) in [7, 11) is -9.70. The number of phosphoric ester groups is 2. The number of carbonyl (C=O) groups excluding carboxylic acids is 2. The van der Waals surface area contributed by atoms with Crippen LogP contribution in [0, 0.1) is 0 Å². The molecule has 0 aliphatic rings. The smallest absolute Gasteiger partial charge is 0.462 e. The van der Waals surface area contributed by atoms with Gasteiger partial charge in [-0.15, -0.1) is 0 Å². The van der Waals surface area contributed by atoms with Crippen LogP contribution in [-0.4, -0.2) is 81.6 Å². The molecule has 0 radical (unpaired) electrons. The molecule has 14 nitrogen and oxygen atoms in total. The summed E-state index contributed by atoms with van der Waals surface area (Å²) in [4.78, 5) is 52.6. The molecule has 0 aromatic heterocycles. The number of ether oxygens (including phenoxy) is 2. The van der Waals surface area contributed by atoms with E-state index in [2.05, 4.69) is 58.5 Å².